The van der Waals surface area contributed by atoms with Gasteiger partial charge in [0.2, 0.25) is 0 Å². The minimum atomic E-state index is -4.54. The van der Waals surface area contributed by atoms with E-state index in [2.05, 4.69) is 5.32 Å². The fourth-order valence-corrected chi connectivity index (χ4v) is 4.99. The van der Waals surface area contributed by atoms with Crippen molar-refractivity contribution in [3.05, 3.63) is 93.9 Å². The first-order chi connectivity index (χ1) is 17.5. The number of amides is 2. The number of carbonyl (C=O) groups is 2. The van der Waals surface area contributed by atoms with Crippen LogP contribution < -0.4 is 15.0 Å². The summed E-state index contributed by atoms with van der Waals surface area (Å²) in [5.41, 5.74) is 2.42. The monoisotopic (exact) mass is 542 g/mol. The van der Waals surface area contributed by atoms with E-state index in [0.717, 1.165) is 45.6 Å². The number of benzene rings is 3. The lowest BCUT2D eigenvalue weighted by Crippen LogP contribution is -2.27. The number of halogens is 3. The Morgan fingerprint density at radius 1 is 1.05 bits per heavy atom. The third-order valence-corrected chi connectivity index (χ3v) is 6.80. The van der Waals surface area contributed by atoms with E-state index in [-0.39, 0.29) is 27.4 Å². The van der Waals surface area contributed by atoms with Crippen LogP contribution in [0.1, 0.15) is 22.3 Å². The second-order valence-corrected chi connectivity index (χ2v) is 9.92. The van der Waals surface area contributed by atoms with E-state index < -0.39 is 17.6 Å². The summed E-state index contributed by atoms with van der Waals surface area (Å²) in [6, 6.07) is 17.0. The number of anilines is 2. The maximum Gasteiger partial charge on any atom is 0.416 e. The van der Waals surface area contributed by atoms with Crippen molar-refractivity contribution in [1.82, 2.24) is 0 Å². The van der Waals surface area contributed by atoms with E-state index in [4.69, 9.17) is 17.0 Å². The van der Waals surface area contributed by atoms with Crippen LogP contribution in [-0.4, -0.2) is 22.7 Å². The van der Waals surface area contributed by atoms with Crippen molar-refractivity contribution in [2.45, 2.75) is 20.0 Å². The molecule has 1 fully saturated rings. The molecule has 1 aliphatic heterocycles. The fourth-order valence-electron chi connectivity index (χ4n) is 3.69. The first-order valence-corrected chi connectivity index (χ1v) is 12.3. The molecule has 190 valence electrons. The van der Waals surface area contributed by atoms with Crippen molar-refractivity contribution in [2.75, 3.05) is 16.8 Å². The van der Waals surface area contributed by atoms with Gasteiger partial charge in [-0.3, -0.25) is 14.5 Å². The first kappa shape index (κ1) is 26.4. The Labute approximate surface area is 221 Å². The molecule has 4 rings (SSSR count). The predicted octanol–water partition coefficient (Wildman–Crippen LogP) is 6.75. The quantitative estimate of drug-likeness (QED) is 0.276. The number of rotatable bonds is 6. The van der Waals surface area contributed by atoms with Crippen LogP contribution in [0.4, 0.5) is 24.5 Å². The molecule has 0 atom stereocenters. The molecule has 0 radical (unpaired) electrons. The Morgan fingerprint density at radius 2 is 1.73 bits per heavy atom. The summed E-state index contributed by atoms with van der Waals surface area (Å²) in [4.78, 5) is 26.7. The van der Waals surface area contributed by atoms with Crippen LogP contribution in [0.15, 0.2) is 71.6 Å². The molecule has 0 bridgehead atoms. The van der Waals surface area contributed by atoms with E-state index in [1.54, 1.807) is 30.3 Å². The highest BCUT2D eigenvalue weighted by atomic mass is 32.2. The van der Waals surface area contributed by atoms with Crippen molar-refractivity contribution in [3.8, 4) is 5.75 Å². The van der Waals surface area contributed by atoms with Crippen LogP contribution >= 0.6 is 24.0 Å². The summed E-state index contributed by atoms with van der Waals surface area (Å²) in [6.45, 7) is 3.60. The summed E-state index contributed by atoms with van der Waals surface area (Å²) in [5.74, 6) is -0.419. The van der Waals surface area contributed by atoms with Gasteiger partial charge in [0.1, 0.15) is 5.75 Å². The molecule has 3 aromatic carbocycles. The van der Waals surface area contributed by atoms with E-state index in [1.165, 1.54) is 12.1 Å². The molecular weight excluding hydrogens is 521 g/mol. The third kappa shape index (κ3) is 6.20. The number of para-hydroxylation sites is 1. The Kier molecular flexibility index (Phi) is 7.70. The van der Waals surface area contributed by atoms with Crippen molar-refractivity contribution in [2.24, 2.45) is 0 Å². The number of ether oxygens (including phenoxy) is 1. The number of thiocarbonyl (C=S) groups is 1. The average molecular weight is 543 g/mol. The van der Waals surface area contributed by atoms with Gasteiger partial charge in [0.25, 0.3) is 11.8 Å². The molecule has 10 heteroatoms. The smallest absolute Gasteiger partial charge is 0.416 e. The van der Waals surface area contributed by atoms with Gasteiger partial charge in [-0.05, 0) is 66.9 Å². The predicted molar refractivity (Wildman–Crippen MR) is 144 cm³/mol. The molecule has 0 spiro atoms. The molecule has 0 unspecified atom stereocenters. The average Bonchev–Trinajstić information content (AvgIpc) is 3.12. The number of hydrogen-bond donors (Lipinski definition) is 1. The normalized spacial score (nSPS) is 14.8. The van der Waals surface area contributed by atoms with Crippen LogP contribution in [0.5, 0.6) is 5.75 Å². The third-order valence-electron chi connectivity index (χ3n) is 5.50. The number of thioether (sulfide) groups is 1. The lowest BCUT2D eigenvalue weighted by molar-refractivity contribution is -0.137. The van der Waals surface area contributed by atoms with Gasteiger partial charge in [0.15, 0.2) is 10.9 Å². The lowest BCUT2D eigenvalue weighted by Gasteiger charge is -2.16. The van der Waals surface area contributed by atoms with E-state index in [0.29, 0.717) is 11.3 Å². The Hall–Kier alpha value is -3.63. The van der Waals surface area contributed by atoms with E-state index in [9.17, 15) is 22.8 Å². The van der Waals surface area contributed by atoms with Crippen molar-refractivity contribution in [3.63, 3.8) is 0 Å². The molecule has 0 aliphatic carbocycles. The Bertz CT molecular complexity index is 1400. The van der Waals surface area contributed by atoms with Gasteiger partial charge in [-0.1, -0.05) is 60.4 Å². The van der Waals surface area contributed by atoms with Gasteiger partial charge >= 0.3 is 6.18 Å². The summed E-state index contributed by atoms with van der Waals surface area (Å²) in [5, 5.41) is 2.85. The van der Waals surface area contributed by atoms with Gasteiger partial charge in [-0.15, -0.1) is 0 Å². The number of aryl methyl sites for hydroxylation is 2. The van der Waals surface area contributed by atoms with Crippen LogP contribution in [0, 0.1) is 13.8 Å². The molecule has 1 aliphatic rings. The lowest BCUT2D eigenvalue weighted by atomic mass is 10.1. The summed E-state index contributed by atoms with van der Waals surface area (Å²) in [7, 11) is 0. The SMILES string of the molecule is Cc1cccc(C)c1NC(=O)COc1cccc(/C=C2\SC(=S)N(c3cccc(C(F)(F)F)c3)C2=O)c1. The number of alkyl halides is 3. The van der Waals surface area contributed by atoms with Gasteiger partial charge in [0.05, 0.1) is 16.2 Å². The number of nitrogens with zero attached hydrogens (tertiary/aromatic N) is 1. The van der Waals surface area contributed by atoms with Crippen LogP contribution in [-0.2, 0) is 15.8 Å². The zero-order valence-corrected chi connectivity index (χ0v) is 21.4. The van der Waals surface area contributed by atoms with Crippen LogP contribution in [0.3, 0.4) is 0 Å². The number of carbonyl (C=O) groups excluding carboxylic acids is 2. The second kappa shape index (κ2) is 10.8. The number of hydrogen-bond acceptors (Lipinski definition) is 5. The molecule has 1 N–H and O–H groups in total. The minimum absolute atomic E-state index is 0.0488. The maximum absolute atomic E-state index is 13.1. The topological polar surface area (TPSA) is 58.6 Å². The highest BCUT2D eigenvalue weighted by Crippen LogP contribution is 2.38. The summed E-state index contributed by atoms with van der Waals surface area (Å²) in [6.07, 6.45) is -2.96. The molecular formula is C27H21F3N2O3S2. The molecule has 0 saturated carbocycles. The van der Waals surface area contributed by atoms with Crippen LogP contribution in [0.25, 0.3) is 6.08 Å². The molecule has 1 heterocycles. The zero-order valence-electron chi connectivity index (χ0n) is 19.8. The van der Waals surface area contributed by atoms with Crippen molar-refractivity contribution >= 4 is 57.6 Å². The van der Waals surface area contributed by atoms with Gasteiger partial charge in [-0.25, -0.2) is 0 Å². The molecule has 1 saturated heterocycles. The van der Waals surface area contributed by atoms with Crippen molar-refractivity contribution < 1.29 is 27.5 Å². The van der Waals surface area contributed by atoms with Gasteiger partial charge in [0, 0.05) is 5.69 Å². The van der Waals surface area contributed by atoms with Crippen molar-refractivity contribution in [1.29, 1.82) is 0 Å². The number of nitrogens with one attached hydrogen (secondary N) is 1. The second-order valence-electron chi connectivity index (χ2n) is 8.24. The standard InChI is InChI=1S/C27H21F3N2O3S2/c1-16-6-3-7-17(2)24(16)31-23(33)15-35-21-11-4-8-18(12-21)13-22-25(34)32(26(36)37-22)20-10-5-9-19(14-20)27(28,29)30/h3-14H,15H2,1-2H3,(H,31,33)/b22-13-. The van der Waals surface area contributed by atoms with E-state index in [1.807, 2.05) is 32.0 Å². The largest absolute Gasteiger partial charge is 0.484 e. The fraction of sp³-hybridized carbons (Fsp3) is 0.148. The highest BCUT2D eigenvalue weighted by Gasteiger charge is 2.36. The molecule has 37 heavy (non-hydrogen) atoms. The highest BCUT2D eigenvalue weighted by molar-refractivity contribution is 8.27. The molecule has 3 aromatic rings. The molecule has 0 aromatic heterocycles. The molecule has 5 nitrogen and oxygen atoms in total. The maximum atomic E-state index is 13.1. The summed E-state index contributed by atoms with van der Waals surface area (Å²) < 4.78 is 45.1. The van der Waals surface area contributed by atoms with Gasteiger partial charge in [-0.2, -0.15) is 13.2 Å². The Morgan fingerprint density at radius 3 is 2.43 bits per heavy atom. The van der Waals surface area contributed by atoms with Gasteiger partial charge < -0.3 is 10.1 Å². The summed E-state index contributed by atoms with van der Waals surface area (Å²) >= 11 is 6.27. The Balaban J connectivity index is 1.46. The van der Waals surface area contributed by atoms with E-state index >= 15 is 0 Å². The first-order valence-electron chi connectivity index (χ1n) is 11.1. The minimum Gasteiger partial charge on any atom is -0.484 e. The zero-order chi connectivity index (χ0) is 26.7. The molecule has 2 amide bonds. The van der Waals surface area contributed by atoms with Crippen LogP contribution in [0.2, 0.25) is 0 Å².